The van der Waals surface area contributed by atoms with Gasteiger partial charge in [0.1, 0.15) is 10.6 Å². The highest BCUT2D eigenvalue weighted by atomic mass is 32.2. The summed E-state index contributed by atoms with van der Waals surface area (Å²) in [5.41, 5.74) is 0.404. The third-order valence-corrected chi connectivity index (χ3v) is 8.04. The van der Waals surface area contributed by atoms with Gasteiger partial charge in [-0.15, -0.1) is 0 Å². The molecule has 8 heteroatoms. The number of fused-ring (bicyclic) bond motifs is 1. The van der Waals surface area contributed by atoms with Gasteiger partial charge in [0.2, 0.25) is 10.0 Å². The number of hydrogen-bond donors (Lipinski definition) is 1. The van der Waals surface area contributed by atoms with E-state index in [1.807, 2.05) is 4.90 Å². The molecule has 3 aliphatic rings. The van der Waals surface area contributed by atoms with Gasteiger partial charge in [0.25, 0.3) is 5.91 Å². The minimum Gasteiger partial charge on any atom is -0.495 e. The Bertz CT molecular complexity index is 851. The standard InChI is InChI=1S/C21H31N3O4S/c1-28-19-10-9-16(14-20(19)29(26,27)22-17-6-2-3-7-17)21(25)24-13-12-23-11-5-4-8-18(23)15-24/h9-10,14,17-18,22H,2-8,11-13,15H2,1H3. The molecule has 1 N–H and O–H groups in total. The first-order valence-electron chi connectivity index (χ1n) is 10.7. The SMILES string of the molecule is COc1ccc(C(=O)N2CCN3CCCCC3C2)cc1S(=O)(=O)NC1CCCC1. The number of piperazine rings is 1. The lowest BCUT2D eigenvalue weighted by Crippen LogP contribution is -2.56. The van der Waals surface area contributed by atoms with Gasteiger partial charge in [-0.3, -0.25) is 9.69 Å². The van der Waals surface area contributed by atoms with Crippen LogP contribution in [0.1, 0.15) is 55.3 Å². The van der Waals surface area contributed by atoms with Crippen molar-refractivity contribution in [1.29, 1.82) is 0 Å². The fourth-order valence-electron chi connectivity index (χ4n) is 4.87. The lowest BCUT2D eigenvalue weighted by atomic mass is 9.99. The van der Waals surface area contributed by atoms with Crippen LogP contribution in [-0.2, 0) is 10.0 Å². The Hall–Kier alpha value is -1.64. The van der Waals surface area contributed by atoms with Crippen molar-refractivity contribution in [3.63, 3.8) is 0 Å². The van der Waals surface area contributed by atoms with E-state index in [2.05, 4.69) is 9.62 Å². The number of carbonyl (C=O) groups excluding carboxylic acids is 1. The molecular formula is C21H31N3O4S. The molecular weight excluding hydrogens is 390 g/mol. The highest BCUT2D eigenvalue weighted by molar-refractivity contribution is 7.89. The van der Waals surface area contributed by atoms with E-state index in [-0.39, 0.29) is 22.6 Å². The number of amides is 1. The molecule has 160 valence electrons. The number of sulfonamides is 1. The molecule has 2 saturated heterocycles. The highest BCUT2D eigenvalue weighted by Crippen LogP contribution is 2.28. The molecule has 1 aliphatic carbocycles. The number of piperidine rings is 1. The summed E-state index contributed by atoms with van der Waals surface area (Å²) in [6.45, 7) is 3.41. The second kappa shape index (κ2) is 8.62. The average molecular weight is 422 g/mol. The second-order valence-corrected chi connectivity index (χ2v) is 10.1. The van der Waals surface area contributed by atoms with Crippen LogP contribution in [0.5, 0.6) is 5.75 Å². The summed E-state index contributed by atoms with van der Waals surface area (Å²) in [7, 11) is -2.29. The van der Waals surface area contributed by atoms with Crippen molar-refractivity contribution in [2.45, 2.75) is 61.9 Å². The van der Waals surface area contributed by atoms with Crippen LogP contribution in [0.4, 0.5) is 0 Å². The molecule has 1 atom stereocenters. The number of methoxy groups -OCH3 is 1. The topological polar surface area (TPSA) is 79.0 Å². The van der Waals surface area contributed by atoms with Crippen molar-refractivity contribution in [2.75, 3.05) is 33.3 Å². The van der Waals surface area contributed by atoms with E-state index in [9.17, 15) is 13.2 Å². The van der Waals surface area contributed by atoms with Gasteiger partial charge in [0.15, 0.2) is 0 Å². The third-order valence-electron chi connectivity index (χ3n) is 6.50. The number of ether oxygens (including phenoxy) is 1. The smallest absolute Gasteiger partial charge is 0.253 e. The summed E-state index contributed by atoms with van der Waals surface area (Å²) in [6, 6.07) is 5.12. The van der Waals surface area contributed by atoms with Gasteiger partial charge in [0, 0.05) is 37.3 Å². The molecule has 1 amide bonds. The maximum Gasteiger partial charge on any atom is 0.253 e. The van der Waals surface area contributed by atoms with Crippen molar-refractivity contribution < 1.29 is 17.9 Å². The monoisotopic (exact) mass is 421 g/mol. The number of nitrogens with zero attached hydrogens (tertiary/aromatic N) is 2. The summed E-state index contributed by atoms with van der Waals surface area (Å²) < 4.78 is 34.1. The van der Waals surface area contributed by atoms with E-state index in [1.165, 1.54) is 26.0 Å². The van der Waals surface area contributed by atoms with Gasteiger partial charge in [-0.25, -0.2) is 13.1 Å². The van der Waals surface area contributed by atoms with E-state index in [1.54, 1.807) is 12.1 Å². The Balaban J connectivity index is 1.55. The Morgan fingerprint density at radius 2 is 1.83 bits per heavy atom. The van der Waals surface area contributed by atoms with Gasteiger partial charge in [-0.05, 0) is 50.4 Å². The van der Waals surface area contributed by atoms with Crippen molar-refractivity contribution in [2.24, 2.45) is 0 Å². The molecule has 2 heterocycles. The molecule has 29 heavy (non-hydrogen) atoms. The molecule has 1 saturated carbocycles. The number of benzene rings is 1. The lowest BCUT2D eigenvalue weighted by Gasteiger charge is -2.44. The van der Waals surface area contributed by atoms with Gasteiger partial charge in [0.05, 0.1) is 7.11 Å². The molecule has 0 spiro atoms. The minimum absolute atomic E-state index is 0.0385. The Kier molecular flexibility index (Phi) is 6.13. The zero-order valence-corrected chi connectivity index (χ0v) is 17.9. The molecule has 4 rings (SSSR count). The van der Waals surface area contributed by atoms with Gasteiger partial charge >= 0.3 is 0 Å². The van der Waals surface area contributed by atoms with E-state index in [0.717, 1.165) is 45.2 Å². The Labute approximate surface area is 173 Å². The van der Waals surface area contributed by atoms with E-state index in [4.69, 9.17) is 4.74 Å². The summed E-state index contributed by atoms with van der Waals surface area (Å²) in [4.78, 5) is 17.5. The lowest BCUT2D eigenvalue weighted by molar-refractivity contribution is 0.0372. The normalized spacial score (nSPS) is 23.8. The molecule has 7 nitrogen and oxygen atoms in total. The van der Waals surface area contributed by atoms with Crippen LogP contribution in [-0.4, -0.2) is 69.5 Å². The molecule has 0 radical (unpaired) electrons. The van der Waals surface area contributed by atoms with Crippen LogP contribution >= 0.6 is 0 Å². The van der Waals surface area contributed by atoms with Crippen LogP contribution in [0.2, 0.25) is 0 Å². The molecule has 1 unspecified atom stereocenters. The average Bonchev–Trinajstić information content (AvgIpc) is 3.24. The summed E-state index contributed by atoms with van der Waals surface area (Å²) in [5.74, 6) is 0.166. The first-order chi connectivity index (χ1) is 14.0. The first-order valence-corrected chi connectivity index (χ1v) is 12.2. The Morgan fingerprint density at radius 3 is 2.59 bits per heavy atom. The quantitative estimate of drug-likeness (QED) is 0.789. The minimum atomic E-state index is -3.75. The number of rotatable bonds is 5. The van der Waals surface area contributed by atoms with Crippen molar-refractivity contribution in [3.05, 3.63) is 23.8 Å². The zero-order chi connectivity index (χ0) is 20.4. The van der Waals surface area contributed by atoms with E-state index >= 15 is 0 Å². The molecule has 1 aromatic rings. The van der Waals surface area contributed by atoms with E-state index in [0.29, 0.717) is 24.7 Å². The highest BCUT2D eigenvalue weighted by Gasteiger charge is 2.32. The van der Waals surface area contributed by atoms with Crippen molar-refractivity contribution in [1.82, 2.24) is 14.5 Å². The number of carbonyl (C=O) groups is 1. The summed E-state index contributed by atoms with van der Waals surface area (Å²) >= 11 is 0. The van der Waals surface area contributed by atoms with Gasteiger partial charge in [-0.1, -0.05) is 19.3 Å². The van der Waals surface area contributed by atoms with Crippen LogP contribution in [0.15, 0.2) is 23.1 Å². The molecule has 0 aromatic heterocycles. The fraction of sp³-hybridized carbons (Fsp3) is 0.667. The van der Waals surface area contributed by atoms with E-state index < -0.39 is 10.0 Å². The van der Waals surface area contributed by atoms with Crippen LogP contribution in [0.25, 0.3) is 0 Å². The van der Waals surface area contributed by atoms with Crippen molar-refractivity contribution >= 4 is 15.9 Å². The summed E-state index contributed by atoms with van der Waals surface area (Å²) in [6.07, 6.45) is 7.35. The van der Waals surface area contributed by atoms with Crippen molar-refractivity contribution in [3.8, 4) is 5.75 Å². The fourth-order valence-corrected chi connectivity index (χ4v) is 6.37. The predicted octanol–water partition coefficient (Wildman–Crippen LogP) is 2.23. The predicted molar refractivity (Wildman–Crippen MR) is 111 cm³/mol. The molecule has 1 aromatic carbocycles. The molecule has 0 bridgehead atoms. The van der Waals surface area contributed by atoms with Crippen LogP contribution in [0, 0.1) is 0 Å². The summed E-state index contributed by atoms with van der Waals surface area (Å²) in [5, 5.41) is 0. The number of hydrogen-bond acceptors (Lipinski definition) is 5. The Morgan fingerprint density at radius 1 is 1.07 bits per heavy atom. The molecule has 2 aliphatic heterocycles. The maximum absolute atomic E-state index is 13.1. The van der Waals surface area contributed by atoms with Gasteiger partial charge < -0.3 is 9.64 Å². The molecule has 3 fully saturated rings. The maximum atomic E-state index is 13.1. The largest absolute Gasteiger partial charge is 0.495 e. The zero-order valence-electron chi connectivity index (χ0n) is 17.1. The second-order valence-electron chi connectivity index (χ2n) is 8.41. The third kappa shape index (κ3) is 4.44. The van der Waals surface area contributed by atoms with Crippen LogP contribution in [0.3, 0.4) is 0 Å². The number of nitrogens with one attached hydrogen (secondary N) is 1. The van der Waals surface area contributed by atoms with Gasteiger partial charge in [-0.2, -0.15) is 0 Å². The van der Waals surface area contributed by atoms with Crippen LogP contribution < -0.4 is 9.46 Å². The first kappa shape index (κ1) is 20.6.